The van der Waals surface area contributed by atoms with Gasteiger partial charge in [0.15, 0.2) is 0 Å². The predicted molar refractivity (Wildman–Crippen MR) is 218 cm³/mol. The van der Waals surface area contributed by atoms with Crippen LogP contribution in [0.5, 0.6) is 11.5 Å². The molecule has 4 aromatic rings. The van der Waals surface area contributed by atoms with E-state index in [0.29, 0.717) is 40.9 Å². The standard InChI is InChI=1S/C42H49N5O9S2/c1-39(2,3)34(44-38(51)56-40(4,5)6)36(49)47-23-27(55-32-22-29(25-12-9-8-10-13-25)43-30-20-26(54-7)15-16-28(30)32)21-31(47)35(48)45-42(24-41(42)17-18-41)37(50)46-58(52,53)33-14-11-19-57-33/h8-16,19-20,22,27,31,34H,17-18,21,23-24H2,1-7H3,(H,44,51)(H,45,48)(H,46,50)/t27-,31+,34-,42?/m1/s1. The average molecular weight is 832 g/mol. The van der Waals surface area contributed by atoms with Gasteiger partial charge in [0, 0.05) is 34.9 Å². The summed E-state index contributed by atoms with van der Waals surface area (Å²) in [6, 6.07) is 17.5. The van der Waals surface area contributed by atoms with Crippen LogP contribution in [0.4, 0.5) is 4.79 Å². The van der Waals surface area contributed by atoms with Gasteiger partial charge in [-0.2, -0.15) is 0 Å². The van der Waals surface area contributed by atoms with Crippen molar-refractivity contribution in [1.82, 2.24) is 25.2 Å². The third-order valence-corrected chi connectivity index (χ3v) is 13.6. The van der Waals surface area contributed by atoms with Gasteiger partial charge >= 0.3 is 6.09 Å². The molecule has 4 amide bonds. The highest BCUT2D eigenvalue weighted by molar-refractivity contribution is 7.92. The van der Waals surface area contributed by atoms with Crippen LogP contribution in [0.2, 0.25) is 0 Å². The molecule has 2 saturated carbocycles. The zero-order valence-corrected chi connectivity index (χ0v) is 35.2. The summed E-state index contributed by atoms with van der Waals surface area (Å²) in [5.41, 5.74) is -1.62. The number of benzene rings is 2. The molecule has 1 aliphatic heterocycles. The van der Waals surface area contributed by atoms with Crippen LogP contribution in [-0.2, 0) is 29.1 Å². The second-order valence-electron chi connectivity index (χ2n) is 17.4. The molecule has 3 aliphatic rings. The number of thiophene rings is 1. The first kappa shape index (κ1) is 41.0. The van der Waals surface area contributed by atoms with E-state index in [1.54, 1.807) is 72.2 Å². The molecule has 1 unspecified atom stereocenters. The van der Waals surface area contributed by atoms with E-state index in [0.717, 1.165) is 16.9 Å². The summed E-state index contributed by atoms with van der Waals surface area (Å²) in [6.45, 7) is 10.5. The molecule has 2 aromatic heterocycles. The Balaban J connectivity index is 1.22. The molecule has 1 spiro atoms. The van der Waals surface area contributed by atoms with Gasteiger partial charge in [-0.05, 0) is 69.0 Å². The number of ether oxygens (including phenoxy) is 3. The zero-order chi connectivity index (χ0) is 41.8. The minimum atomic E-state index is -4.18. The van der Waals surface area contributed by atoms with Gasteiger partial charge in [0.1, 0.15) is 45.0 Å². The van der Waals surface area contributed by atoms with E-state index >= 15 is 0 Å². The van der Waals surface area contributed by atoms with Crippen molar-refractivity contribution < 1.29 is 41.8 Å². The number of nitrogens with zero attached hydrogens (tertiary/aromatic N) is 2. The molecule has 0 radical (unpaired) electrons. The molecular formula is C42H49N5O9S2. The van der Waals surface area contributed by atoms with E-state index in [2.05, 4.69) is 15.4 Å². The number of likely N-dealkylation sites (tertiary alicyclic amines) is 1. The lowest BCUT2D eigenvalue weighted by molar-refractivity contribution is -0.143. The van der Waals surface area contributed by atoms with Gasteiger partial charge < -0.3 is 29.7 Å². The SMILES string of the molecule is COc1ccc2c(O[C@@H]3C[C@@H](C(=O)NC4(C(=O)NS(=O)(=O)c5cccs5)CC45CC5)N(C(=O)[C@@H](NC(=O)OC(C)(C)C)C(C)(C)C)C3)cc(-c3ccccc3)nc2c1. The number of fused-ring (bicyclic) bond motifs is 1. The Morgan fingerprint density at radius 3 is 2.29 bits per heavy atom. The third kappa shape index (κ3) is 8.21. The minimum absolute atomic E-state index is 0.0245. The molecule has 1 saturated heterocycles. The van der Waals surface area contributed by atoms with Gasteiger partial charge in [0.25, 0.3) is 15.9 Å². The Hall–Kier alpha value is -5.22. The Kier molecular flexibility index (Phi) is 10.5. The number of pyridine rings is 1. The lowest BCUT2D eigenvalue weighted by atomic mass is 9.85. The van der Waals surface area contributed by atoms with Crippen LogP contribution in [0.1, 0.15) is 67.2 Å². The van der Waals surface area contributed by atoms with Gasteiger partial charge in [-0.25, -0.2) is 22.9 Å². The summed E-state index contributed by atoms with van der Waals surface area (Å²) < 4.78 is 46.2. The summed E-state index contributed by atoms with van der Waals surface area (Å²) in [7, 11) is -2.61. The molecular weight excluding hydrogens is 783 g/mol. The van der Waals surface area contributed by atoms with Gasteiger partial charge in [0.2, 0.25) is 11.8 Å². The second-order valence-corrected chi connectivity index (χ2v) is 20.3. The molecule has 3 N–H and O–H groups in total. The lowest BCUT2D eigenvalue weighted by Crippen LogP contribution is -2.60. The van der Waals surface area contributed by atoms with Crippen molar-refractivity contribution in [2.45, 2.75) is 101 Å². The van der Waals surface area contributed by atoms with E-state index in [9.17, 15) is 27.6 Å². The smallest absolute Gasteiger partial charge is 0.408 e. The van der Waals surface area contributed by atoms with Crippen molar-refractivity contribution in [3.05, 3.63) is 72.1 Å². The number of sulfonamides is 1. The van der Waals surface area contributed by atoms with Crippen LogP contribution in [0.25, 0.3) is 22.2 Å². The maximum atomic E-state index is 14.7. The Morgan fingerprint density at radius 2 is 1.69 bits per heavy atom. The van der Waals surface area contributed by atoms with Crippen LogP contribution in [-0.4, -0.2) is 85.1 Å². The number of methoxy groups -OCH3 is 1. The summed E-state index contributed by atoms with van der Waals surface area (Å²) >= 11 is 0.973. The summed E-state index contributed by atoms with van der Waals surface area (Å²) in [4.78, 5) is 62.6. The fraction of sp³-hybridized carbons (Fsp3) is 0.452. The number of aromatic nitrogens is 1. The number of nitrogens with one attached hydrogen (secondary N) is 3. The molecule has 14 nitrogen and oxygen atoms in total. The van der Waals surface area contributed by atoms with Crippen LogP contribution < -0.4 is 24.8 Å². The minimum Gasteiger partial charge on any atom is -0.497 e. The fourth-order valence-electron chi connectivity index (χ4n) is 7.69. The molecule has 2 aliphatic carbocycles. The molecule has 308 valence electrons. The van der Waals surface area contributed by atoms with E-state index in [1.165, 1.54) is 11.0 Å². The van der Waals surface area contributed by atoms with Crippen molar-refractivity contribution in [2.75, 3.05) is 13.7 Å². The first-order chi connectivity index (χ1) is 27.2. The molecule has 3 heterocycles. The summed E-state index contributed by atoms with van der Waals surface area (Å²) in [6.07, 6.45) is 0.0356. The molecule has 0 bridgehead atoms. The summed E-state index contributed by atoms with van der Waals surface area (Å²) in [5.74, 6) is -0.925. The second kappa shape index (κ2) is 14.9. The zero-order valence-electron chi connectivity index (χ0n) is 33.6. The van der Waals surface area contributed by atoms with Gasteiger partial charge in [-0.3, -0.25) is 14.4 Å². The third-order valence-electron chi connectivity index (χ3n) is 10.9. The topological polar surface area (TPSA) is 182 Å². The Bertz CT molecular complexity index is 2350. The van der Waals surface area contributed by atoms with Crippen LogP contribution in [0.15, 0.2) is 76.3 Å². The van der Waals surface area contributed by atoms with Crippen molar-refractivity contribution in [3.63, 3.8) is 0 Å². The average Bonchev–Trinajstić information content (AvgIpc) is 3.85. The highest BCUT2D eigenvalue weighted by Crippen LogP contribution is 2.73. The van der Waals surface area contributed by atoms with Gasteiger partial charge in [-0.15, -0.1) is 11.3 Å². The maximum Gasteiger partial charge on any atom is 0.408 e. The highest BCUT2D eigenvalue weighted by atomic mass is 32.2. The predicted octanol–water partition coefficient (Wildman–Crippen LogP) is 5.80. The normalized spacial score (nSPS) is 21.5. The van der Waals surface area contributed by atoms with Gasteiger partial charge in [-0.1, -0.05) is 57.2 Å². The lowest BCUT2D eigenvalue weighted by Gasteiger charge is -2.36. The fourth-order valence-corrected chi connectivity index (χ4v) is 9.72. The number of alkyl carbamates (subject to hydrolysis) is 1. The first-order valence-electron chi connectivity index (χ1n) is 19.2. The summed E-state index contributed by atoms with van der Waals surface area (Å²) in [5, 5.41) is 7.94. The van der Waals surface area contributed by atoms with Crippen molar-refractivity contribution in [2.24, 2.45) is 10.8 Å². The molecule has 2 aromatic carbocycles. The molecule has 4 atom stereocenters. The number of rotatable bonds is 11. The number of hydrogen-bond acceptors (Lipinski definition) is 11. The van der Waals surface area contributed by atoms with Crippen molar-refractivity contribution in [1.29, 1.82) is 0 Å². The molecule has 7 rings (SSSR count). The quantitative estimate of drug-likeness (QED) is 0.167. The maximum absolute atomic E-state index is 14.7. The monoisotopic (exact) mass is 831 g/mol. The van der Waals surface area contributed by atoms with Crippen LogP contribution >= 0.6 is 11.3 Å². The molecule has 3 fully saturated rings. The number of carbonyl (C=O) groups is 4. The number of hydrogen-bond donors (Lipinski definition) is 3. The van der Waals surface area contributed by atoms with Crippen molar-refractivity contribution in [3.8, 4) is 22.8 Å². The van der Waals surface area contributed by atoms with E-state index in [-0.39, 0.29) is 23.6 Å². The Morgan fingerprint density at radius 1 is 0.966 bits per heavy atom. The molecule has 16 heteroatoms. The number of amides is 4. The highest BCUT2D eigenvalue weighted by Gasteiger charge is 2.79. The van der Waals surface area contributed by atoms with Crippen molar-refractivity contribution >= 4 is 56.1 Å². The molecule has 58 heavy (non-hydrogen) atoms. The number of carbonyl (C=O) groups excluding carboxylic acids is 4. The largest absolute Gasteiger partial charge is 0.497 e. The van der Waals surface area contributed by atoms with E-state index < -0.39 is 74.0 Å². The first-order valence-corrected chi connectivity index (χ1v) is 21.5. The van der Waals surface area contributed by atoms with E-state index in [1.807, 2.05) is 42.5 Å². The Labute approximate surface area is 342 Å². The van der Waals surface area contributed by atoms with Crippen LogP contribution in [0.3, 0.4) is 0 Å². The van der Waals surface area contributed by atoms with E-state index in [4.69, 9.17) is 19.2 Å². The van der Waals surface area contributed by atoms with Crippen LogP contribution in [0, 0.1) is 10.8 Å². The van der Waals surface area contributed by atoms with Gasteiger partial charge in [0.05, 0.1) is 24.9 Å².